The second-order valence-electron chi connectivity index (χ2n) is 6.07. The molecule has 0 aromatic heterocycles. The molecule has 0 fully saturated rings. The van der Waals surface area contributed by atoms with Gasteiger partial charge >= 0.3 is 0 Å². The molecule has 0 heterocycles. The quantitative estimate of drug-likeness (QED) is 0.788. The molecule has 0 radical (unpaired) electrons. The Balaban J connectivity index is 2.47. The summed E-state index contributed by atoms with van der Waals surface area (Å²) < 4.78 is 0. The number of hydrogen-bond donors (Lipinski definition) is 1. The van der Waals surface area contributed by atoms with Crippen LogP contribution in [0.3, 0.4) is 0 Å². The smallest absolute Gasteiger partial charge is 0.185 e. The van der Waals surface area contributed by atoms with E-state index >= 15 is 0 Å². The summed E-state index contributed by atoms with van der Waals surface area (Å²) >= 11 is 0. The lowest BCUT2D eigenvalue weighted by molar-refractivity contribution is 0.0667. The third-order valence-corrected chi connectivity index (χ3v) is 4.64. The predicted molar refractivity (Wildman–Crippen MR) is 97.2 cm³/mol. The molecule has 3 nitrogen and oxygen atoms in total. The molecule has 3 heteroatoms. The maximum absolute atomic E-state index is 13.4. The van der Waals surface area contributed by atoms with Crippen molar-refractivity contribution < 1.29 is 4.79 Å². The molecule has 2 aromatic carbocycles. The molecule has 122 valence electrons. The van der Waals surface area contributed by atoms with Crippen molar-refractivity contribution in [3.8, 4) is 0 Å². The van der Waals surface area contributed by atoms with Crippen LogP contribution >= 0.6 is 0 Å². The highest BCUT2D eigenvalue weighted by atomic mass is 16.1. The second kappa shape index (κ2) is 7.42. The normalized spacial score (nSPS) is 13.6. The zero-order valence-electron chi connectivity index (χ0n) is 14.5. The average molecular weight is 310 g/mol. The number of anilines is 1. The van der Waals surface area contributed by atoms with Crippen molar-refractivity contribution in [1.82, 2.24) is 4.90 Å². The van der Waals surface area contributed by atoms with Crippen molar-refractivity contribution in [3.63, 3.8) is 0 Å². The van der Waals surface area contributed by atoms with Crippen molar-refractivity contribution in [2.45, 2.75) is 25.3 Å². The predicted octanol–water partition coefficient (Wildman–Crippen LogP) is 3.86. The molecule has 0 aliphatic heterocycles. The van der Waals surface area contributed by atoms with Crippen molar-refractivity contribution in [1.29, 1.82) is 0 Å². The fourth-order valence-corrected chi connectivity index (χ4v) is 3.13. The Bertz CT molecular complexity index is 652. The molecule has 1 N–H and O–H groups in total. The summed E-state index contributed by atoms with van der Waals surface area (Å²) in [6.07, 6.45) is 1.46. The largest absolute Gasteiger partial charge is 0.388 e. The van der Waals surface area contributed by atoms with Crippen LogP contribution in [-0.4, -0.2) is 37.4 Å². The number of para-hydroxylation sites is 1. The number of hydrogen-bond acceptors (Lipinski definition) is 3. The minimum Gasteiger partial charge on any atom is -0.388 e. The van der Waals surface area contributed by atoms with Crippen LogP contribution in [0, 0.1) is 0 Å². The standard InChI is InChI=1S/C20H26N2O/c1-5-20(22(3)4,15-16-11-7-6-8-12-16)19(23)17-13-9-10-14-18(17)21-2/h6-14,21H,5,15H2,1-4H3. The van der Waals surface area contributed by atoms with E-state index in [0.29, 0.717) is 6.42 Å². The van der Waals surface area contributed by atoms with Gasteiger partial charge in [0.05, 0.1) is 5.54 Å². The number of nitrogens with zero attached hydrogens (tertiary/aromatic N) is 1. The molecule has 1 atom stereocenters. The van der Waals surface area contributed by atoms with Crippen LogP contribution in [0.1, 0.15) is 29.3 Å². The van der Waals surface area contributed by atoms with Crippen molar-refractivity contribution in [2.75, 3.05) is 26.5 Å². The Morgan fingerprint density at radius 3 is 2.22 bits per heavy atom. The van der Waals surface area contributed by atoms with E-state index in [2.05, 4.69) is 29.3 Å². The zero-order chi connectivity index (χ0) is 16.9. The molecule has 0 bridgehead atoms. The van der Waals surface area contributed by atoms with Crippen molar-refractivity contribution in [2.24, 2.45) is 0 Å². The van der Waals surface area contributed by atoms with Crippen LogP contribution in [-0.2, 0) is 6.42 Å². The summed E-state index contributed by atoms with van der Waals surface area (Å²) in [4.78, 5) is 15.5. The number of benzene rings is 2. The lowest BCUT2D eigenvalue weighted by Gasteiger charge is -2.38. The maximum atomic E-state index is 13.4. The van der Waals surface area contributed by atoms with E-state index < -0.39 is 5.54 Å². The van der Waals surface area contributed by atoms with Gasteiger partial charge in [-0.2, -0.15) is 0 Å². The van der Waals surface area contributed by atoms with Gasteiger partial charge in [0, 0.05) is 18.3 Å². The monoisotopic (exact) mass is 310 g/mol. The van der Waals surface area contributed by atoms with Crippen LogP contribution < -0.4 is 5.32 Å². The van der Waals surface area contributed by atoms with Gasteiger partial charge in [-0.05, 0) is 44.6 Å². The van der Waals surface area contributed by atoms with Gasteiger partial charge in [0.15, 0.2) is 5.78 Å². The molecule has 0 saturated heterocycles. The van der Waals surface area contributed by atoms with E-state index in [1.165, 1.54) is 5.56 Å². The number of carbonyl (C=O) groups is 1. The van der Waals surface area contributed by atoms with Crippen LogP contribution in [0.2, 0.25) is 0 Å². The summed E-state index contributed by atoms with van der Waals surface area (Å²) in [5.41, 5.74) is 2.26. The van der Waals surface area contributed by atoms with Gasteiger partial charge in [0.1, 0.15) is 0 Å². The van der Waals surface area contributed by atoms with Crippen LogP contribution in [0.25, 0.3) is 0 Å². The van der Waals surface area contributed by atoms with E-state index in [9.17, 15) is 4.79 Å². The van der Waals surface area contributed by atoms with Gasteiger partial charge in [-0.25, -0.2) is 0 Å². The Labute approximate surface area is 139 Å². The molecule has 23 heavy (non-hydrogen) atoms. The van der Waals surface area contributed by atoms with Crippen LogP contribution in [0.5, 0.6) is 0 Å². The molecule has 0 aliphatic carbocycles. The SMILES string of the molecule is CCC(Cc1ccccc1)(C(=O)c1ccccc1NC)N(C)C. The van der Waals surface area contributed by atoms with Gasteiger partial charge in [0.25, 0.3) is 0 Å². The topological polar surface area (TPSA) is 32.3 Å². The van der Waals surface area contributed by atoms with E-state index in [4.69, 9.17) is 0 Å². The number of nitrogens with one attached hydrogen (secondary N) is 1. The maximum Gasteiger partial charge on any atom is 0.185 e. The highest BCUT2D eigenvalue weighted by Crippen LogP contribution is 2.30. The third kappa shape index (κ3) is 3.45. The number of Topliss-reactive ketones (excluding diaryl/α,β-unsaturated/α-hetero) is 1. The first-order valence-electron chi connectivity index (χ1n) is 8.08. The number of likely N-dealkylation sites (N-methyl/N-ethyl adjacent to an activating group) is 1. The van der Waals surface area contributed by atoms with E-state index in [-0.39, 0.29) is 5.78 Å². The Hall–Kier alpha value is -2.13. The molecular formula is C20H26N2O. The minimum atomic E-state index is -0.547. The number of rotatable bonds is 7. The van der Waals surface area contributed by atoms with Gasteiger partial charge in [-0.1, -0.05) is 49.4 Å². The summed E-state index contributed by atoms with van der Waals surface area (Å²) in [6.45, 7) is 2.09. The van der Waals surface area contributed by atoms with Gasteiger partial charge in [-0.15, -0.1) is 0 Å². The van der Waals surface area contributed by atoms with Gasteiger partial charge < -0.3 is 5.32 Å². The highest BCUT2D eigenvalue weighted by Gasteiger charge is 2.40. The molecular weight excluding hydrogens is 284 g/mol. The minimum absolute atomic E-state index is 0.166. The molecule has 1 unspecified atom stereocenters. The van der Waals surface area contributed by atoms with Crippen LogP contribution in [0.15, 0.2) is 54.6 Å². The van der Waals surface area contributed by atoms with Crippen LogP contribution in [0.4, 0.5) is 5.69 Å². The van der Waals surface area contributed by atoms with Crippen molar-refractivity contribution in [3.05, 3.63) is 65.7 Å². The lowest BCUT2D eigenvalue weighted by Crippen LogP contribution is -2.52. The summed E-state index contributed by atoms with van der Waals surface area (Å²) in [5, 5.41) is 3.14. The first-order valence-corrected chi connectivity index (χ1v) is 8.08. The molecule has 2 aromatic rings. The summed E-state index contributed by atoms with van der Waals surface area (Å²) in [5.74, 6) is 0.166. The Kier molecular flexibility index (Phi) is 5.56. The average Bonchev–Trinajstić information content (AvgIpc) is 2.59. The Morgan fingerprint density at radius 1 is 1.04 bits per heavy atom. The number of ketones is 1. The molecule has 0 spiro atoms. The third-order valence-electron chi connectivity index (χ3n) is 4.64. The fourth-order valence-electron chi connectivity index (χ4n) is 3.13. The van der Waals surface area contributed by atoms with E-state index in [1.54, 1.807) is 0 Å². The lowest BCUT2D eigenvalue weighted by atomic mass is 9.80. The first-order chi connectivity index (χ1) is 11.0. The zero-order valence-corrected chi connectivity index (χ0v) is 14.5. The Morgan fingerprint density at radius 2 is 1.65 bits per heavy atom. The molecule has 2 rings (SSSR count). The van der Waals surface area contributed by atoms with Gasteiger partial charge in [-0.3, -0.25) is 9.69 Å². The highest BCUT2D eigenvalue weighted by molar-refractivity contribution is 6.07. The summed E-state index contributed by atoms with van der Waals surface area (Å²) in [7, 11) is 5.84. The fraction of sp³-hybridized carbons (Fsp3) is 0.350. The van der Waals surface area contributed by atoms with E-state index in [1.807, 2.05) is 63.6 Å². The molecule has 0 aliphatic rings. The molecule has 0 saturated carbocycles. The number of carbonyl (C=O) groups excluding carboxylic acids is 1. The second-order valence-corrected chi connectivity index (χ2v) is 6.07. The van der Waals surface area contributed by atoms with Gasteiger partial charge in [0.2, 0.25) is 0 Å². The first kappa shape index (κ1) is 17.2. The molecule has 0 amide bonds. The van der Waals surface area contributed by atoms with E-state index in [0.717, 1.165) is 17.7 Å². The van der Waals surface area contributed by atoms with Crippen molar-refractivity contribution >= 4 is 11.5 Å². The summed E-state index contributed by atoms with van der Waals surface area (Å²) in [6, 6.07) is 18.0.